The summed E-state index contributed by atoms with van der Waals surface area (Å²) in [5, 5.41) is 9.70. The molecule has 116 valence electrons. The van der Waals surface area contributed by atoms with E-state index >= 15 is 0 Å². The third-order valence-corrected chi connectivity index (χ3v) is 7.40. The third-order valence-electron chi connectivity index (χ3n) is 7.40. The van der Waals surface area contributed by atoms with Crippen molar-refractivity contribution in [3.8, 4) is 0 Å². The standard InChI is InChI=1S/C20H24O2/c1-19-7-5-17-15(6-9-22-17)16(19)4-8-20-10-13(2-3-18(19)20)14(11-20)12-21/h5-7,9,11,13,16,18,21H,2-4,8,10,12H2,1H3/t13-,16-,18+,19+,20+/m0/s1. The minimum Gasteiger partial charge on any atom is -0.465 e. The Kier molecular flexibility index (Phi) is 2.50. The van der Waals surface area contributed by atoms with Crippen molar-refractivity contribution >= 4 is 6.08 Å². The molecule has 4 aliphatic carbocycles. The smallest absolute Gasteiger partial charge is 0.129 e. The Morgan fingerprint density at radius 2 is 2.23 bits per heavy atom. The Hall–Kier alpha value is -1.28. The number of fused-ring (bicyclic) bond motifs is 5. The molecule has 0 amide bonds. The minimum absolute atomic E-state index is 0.238. The molecule has 0 aliphatic heterocycles. The van der Waals surface area contributed by atoms with Crippen LogP contribution in [0, 0.1) is 22.7 Å². The summed E-state index contributed by atoms with van der Waals surface area (Å²) in [6.45, 7) is 2.74. The fraction of sp³-hybridized carbons (Fsp3) is 0.600. The molecular formula is C20H24O2. The van der Waals surface area contributed by atoms with E-state index in [9.17, 15) is 5.11 Å². The summed E-state index contributed by atoms with van der Waals surface area (Å²) in [6, 6.07) is 2.19. The molecule has 0 saturated heterocycles. The second-order valence-electron chi connectivity index (χ2n) is 8.17. The summed E-state index contributed by atoms with van der Waals surface area (Å²) in [5.74, 6) is 3.03. The molecule has 1 spiro atoms. The van der Waals surface area contributed by atoms with Crippen LogP contribution in [-0.4, -0.2) is 11.7 Å². The zero-order valence-electron chi connectivity index (χ0n) is 13.2. The molecule has 5 atom stereocenters. The first-order valence-electron chi connectivity index (χ1n) is 8.75. The normalized spacial score (nSPS) is 45.0. The van der Waals surface area contributed by atoms with Crippen molar-refractivity contribution in [3.05, 3.63) is 41.4 Å². The molecule has 0 unspecified atom stereocenters. The third kappa shape index (κ3) is 1.45. The van der Waals surface area contributed by atoms with Crippen LogP contribution in [0.25, 0.3) is 6.08 Å². The van der Waals surface area contributed by atoms with Crippen LogP contribution >= 0.6 is 0 Å². The van der Waals surface area contributed by atoms with Gasteiger partial charge in [-0.1, -0.05) is 19.1 Å². The monoisotopic (exact) mass is 296 g/mol. The number of allylic oxidation sites excluding steroid dienone is 2. The Morgan fingerprint density at radius 3 is 3.09 bits per heavy atom. The average molecular weight is 296 g/mol. The SMILES string of the molecule is C[C@@]12C=Cc3occc3[C@@H]1CC[C@@]13C=C(CO)[C@@H](CC[C@@H]12)C3. The molecule has 1 heterocycles. The summed E-state index contributed by atoms with van der Waals surface area (Å²) in [4.78, 5) is 0. The summed E-state index contributed by atoms with van der Waals surface area (Å²) in [6.07, 6.45) is 15.4. The maximum absolute atomic E-state index is 9.70. The first kappa shape index (κ1) is 13.2. The van der Waals surface area contributed by atoms with Gasteiger partial charge in [-0.05, 0) is 78.4 Å². The van der Waals surface area contributed by atoms with Crippen LogP contribution in [0.1, 0.15) is 56.3 Å². The maximum atomic E-state index is 9.70. The van der Waals surface area contributed by atoms with E-state index in [1.54, 1.807) is 0 Å². The molecule has 1 N–H and O–H groups in total. The lowest BCUT2D eigenvalue weighted by Crippen LogP contribution is -2.49. The zero-order valence-corrected chi connectivity index (χ0v) is 13.2. The first-order valence-corrected chi connectivity index (χ1v) is 8.75. The van der Waals surface area contributed by atoms with E-state index in [2.05, 4.69) is 31.2 Å². The van der Waals surface area contributed by atoms with E-state index in [1.807, 2.05) is 6.26 Å². The zero-order chi connectivity index (χ0) is 14.9. The molecule has 0 aromatic carbocycles. The number of aliphatic hydroxyl groups excluding tert-OH is 1. The molecule has 1 aromatic heterocycles. The molecule has 2 heteroatoms. The van der Waals surface area contributed by atoms with Gasteiger partial charge >= 0.3 is 0 Å². The Morgan fingerprint density at radius 1 is 1.32 bits per heavy atom. The van der Waals surface area contributed by atoms with Crippen LogP contribution in [0.2, 0.25) is 0 Å². The summed E-state index contributed by atoms with van der Waals surface area (Å²) < 4.78 is 5.65. The number of rotatable bonds is 1. The van der Waals surface area contributed by atoms with Crippen molar-refractivity contribution in [1.82, 2.24) is 0 Å². The maximum Gasteiger partial charge on any atom is 0.129 e. The van der Waals surface area contributed by atoms with Gasteiger partial charge in [0.1, 0.15) is 5.76 Å². The van der Waals surface area contributed by atoms with Gasteiger partial charge in [0.15, 0.2) is 0 Å². The number of hydrogen-bond acceptors (Lipinski definition) is 2. The van der Waals surface area contributed by atoms with Gasteiger partial charge in [-0.2, -0.15) is 0 Å². The van der Waals surface area contributed by atoms with Crippen LogP contribution in [-0.2, 0) is 0 Å². The van der Waals surface area contributed by atoms with Gasteiger partial charge in [-0.25, -0.2) is 0 Å². The van der Waals surface area contributed by atoms with Gasteiger partial charge in [0.25, 0.3) is 0 Å². The van der Waals surface area contributed by atoms with Gasteiger partial charge in [0.2, 0.25) is 0 Å². The molecule has 2 nitrogen and oxygen atoms in total. The Labute approximate surface area is 131 Å². The van der Waals surface area contributed by atoms with Gasteiger partial charge in [-0.15, -0.1) is 0 Å². The van der Waals surface area contributed by atoms with Crippen molar-refractivity contribution in [2.75, 3.05) is 6.61 Å². The summed E-state index contributed by atoms with van der Waals surface area (Å²) >= 11 is 0. The quantitative estimate of drug-likeness (QED) is 0.773. The second-order valence-corrected chi connectivity index (χ2v) is 8.17. The molecule has 5 rings (SSSR count). The van der Waals surface area contributed by atoms with Gasteiger partial charge in [-0.3, -0.25) is 0 Å². The predicted octanol–water partition coefficient (Wildman–Crippen LogP) is 4.53. The second kappa shape index (κ2) is 4.17. The number of hydrogen-bond donors (Lipinski definition) is 1. The van der Waals surface area contributed by atoms with E-state index in [1.165, 1.54) is 43.2 Å². The number of aliphatic hydroxyl groups is 1. The van der Waals surface area contributed by atoms with Crippen LogP contribution in [0.15, 0.2) is 34.5 Å². The molecule has 2 bridgehead atoms. The fourth-order valence-corrected chi connectivity index (χ4v) is 6.47. The highest BCUT2D eigenvalue weighted by atomic mass is 16.3. The van der Waals surface area contributed by atoms with Crippen LogP contribution in [0.3, 0.4) is 0 Å². The van der Waals surface area contributed by atoms with Gasteiger partial charge < -0.3 is 9.52 Å². The minimum atomic E-state index is 0.238. The highest BCUT2D eigenvalue weighted by Crippen LogP contribution is 2.68. The van der Waals surface area contributed by atoms with Crippen LogP contribution in [0.4, 0.5) is 0 Å². The molecule has 1 aromatic rings. The predicted molar refractivity (Wildman–Crippen MR) is 86.3 cm³/mol. The van der Waals surface area contributed by atoms with Gasteiger partial charge in [0, 0.05) is 5.56 Å². The Balaban J connectivity index is 1.62. The summed E-state index contributed by atoms with van der Waals surface area (Å²) in [5.41, 5.74) is 3.33. The topological polar surface area (TPSA) is 33.4 Å². The molecule has 22 heavy (non-hydrogen) atoms. The highest BCUT2D eigenvalue weighted by Gasteiger charge is 2.59. The molecule has 4 aliphatic rings. The van der Waals surface area contributed by atoms with Crippen LogP contribution < -0.4 is 0 Å². The van der Waals surface area contributed by atoms with Crippen molar-refractivity contribution < 1.29 is 9.52 Å². The van der Waals surface area contributed by atoms with E-state index in [-0.39, 0.29) is 12.0 Å². The Bertz CT molecular complexity index is 682. The van der Waals surface area contributed by atoms with Gasteiger partial charge in [0.05, 0.1) is 12.9 Å². The fourth-order valence-electron chi connectivity index (χ4n) is 6.47. The number of furan rings is 1. The lowest BCUT2D eigenvalue weighted by Gasteiger charge is -2.57. The molecule has 2 fully saturated rings. The van der Waals surface area contributed by atoms with Crippen molar-refractivity contribution in [3.63, 3.8) is 0 Å². The highest BCUT2D eigenvalue weighted by molar-refractivity contribution is 5.56. The van der Waals surface area contributed by atoms with E-state index < -0.39 is 0 Å². The van der Waals surface area contributed by atoms with Crippen molar-refractivity contribution in [2.45, 2.75) is 44.9 Å². The van der Waals surface area contributed by atoms with E-state index in [4.69, 9.17) is 4.42 Å². The van der Waals surface area contributed by atoms with Crippen LogP contribution in [0.5, 0.6) is 0 Å². The first-order chi connectivity index (χ1) is 10.7. The van der Waals surface area contributed by atoms with E-state index in [0.717, 1.165) is 5.76 Å². The lowest BCUT2D eigenvalue weighted by atomic mass is 9.46. The lowest BCUT2D eigenvalue weighted by molar-refractivity contribution is -0.0129. The van der Waals surface area contributed by atoms with Crippen molar-refractivity contribution in [1.29, 1.82) is 0 Å². The van der Waals surface area contributed by atoms with Crippen molar-refractivity contribution in [2.24, 2.45) is 22.7 Å². The average Bonchev–Trinajstić information content (AvgIpc) is 3.09. The van der Waals surface area contributed by atoms with E-state index in [0.29, 0.717) is 23.2 Å². The molecule has 0 radical (unpaired) electrons. The largest absolute Gasteiger partial charge is 0.465 e. The summed E-state index contributed by atoms with van der Waals surface area (Å²) in [7, 11) is 0. The molecule has 2 saturated carbocycles. The molecular weight excluding hydrogens is 272 g/mol.